The summed E-state index contributed by atoms with van der Waals surface area (Å²) in [7, 11) is 1.40. The molecule has 2 unspecified atom stereocenters. The minimum atomic E-state index is -0.290. The molecule has 3 nitrogen and oxygen atoms in total. The van der Waals surface area contributed by atoms with E-state index in [4.69, 9.17) is 4.74 Å². The minimum Gasteiger partial charge on any atom is -0.465 e. The summed E-state index contributed by atoms with van der Waals surface area (Å²) in [6, 6.07) is 7.87. The van der Waals surface area contributed by atoms with Crippen LogP contribution in [0.25, 0.3) is 0 Å². The Labute approximate surface area is 124 Å². The van der Waals surface area contributed by atoms with Gasteiger partial charge in [-0.15, -0.1) is 0 Å². The van der Waals surface area contributed by atoms with Crippen molar-refractivity contribution in [2.45, 2.75) is 37.5 Å². The Kier molecular flexibility index (Phi) is 2.75. The van der Waals surface area contributed by atoms with E-state index in [0.717, 1.165) is 31.6 Å². The number of hydrogen-bond donors (Lipinski definition) is 0. The van der Waals surface area contributed by atoms with E-state index in [-0.39, 0.29) is 23.2 Å². The number of ether oxygens (including phenoxy) is 1. The molecule has 4 fully saturated rings. The molecule has 4 atom stereocenters. The first-order valence-corrected chi connectivity index (χ1v) is 7.84. The quantitative estimate of drug-likeness (QED) is 0.784. The molecule has 4 bridgehead atoms. The fourth-order valence-electron chi connectivity index (χ4n) is 5.18. The number of methoxy groups -OCH3 is 1. The molecule has 110 valence electrons. The van der Waals surface area contributed by atoms with Crippen LogP contribution in [-0.2, 0) is 14.9 Å². The lowest BCUT2D eigenvalue weighted by Gasteiger charge is -2.56. The average Bonchev–Trinajstić information content (AvgIpc) is 2.51. The van der Waals surface area contributed by atoms with E-state index in [9.17, 15) is 9.59 Å². The van der Waals surface area contributed by atoms with Crippen LogP contribution in [0.5, 0.6) is 0 Å². The number of hydrogen-bond acceptors (Lipinski definition) is 3. The van der Waals surface area contributed by atoms with Gasteiger partial charge < -0.3 is 4.74 Å². The summed E-state index contributed by atoms with van der Waals surface area (Å²) < 4.78 is 4.76. The normalized spacial score (nSPS) is 36.8. The maximum absolute atomic E-state index is 12.3. The number of esters is 1. The summed E-state index contributed by atoms with van der Waals surface area (Å²) >= 11 is 0. The van der Waals surface area contributed by atoms with Crippen molar-refractivity contribution in [3.63, 3.8) is 0 Å². The first kappa shape index (κ1) is 13.1. The molecule has 0 heterocycles. The lowest BCUT2D eigenvalue weighted by Crippen LogP contribution is -2.53. The van der Waals surface area contributed by atoms with Crippen LogP contribution in [-0.4, -0.2) is 18.9 Å². The van der Waals surface area contributed by atoms with Crippen molar-refractivity contribution >= 4 is 11.8 Å². The van der Waals surface area contributed by atoms with Crippen LogP contribution in [0, 0.1) is 17.8 Å². The standard InChI is InChI=1S/C18H20O3/c1-21-17(20)12-2-4-15(5-3-12)18-8-11-6-13(9-18)16(19)14(7-11)10-18/h2-5,11,13-14H,6-10H2,1H3/t11?,13-,14+,18?. The highest BCUT2D eigenvalue weighted by molar-refractivity contribution is 5.89. The minimum absolute atomic E-state index is 0.180. The van der Waals surface area contributed by atoms with Gasteiger partial charge in [0.15, 0.2) is 0 Å². The fraction of sp³-hybridized carbons (Fsp3) is 0.556. The monoisotopic (exact) mass is 284 g/mol. The number of benzene rings is 1. The molecule has 4 saturated carbocycles. The molecule has 0 aromatic heterocycles. The van der Waals surface area contributed by atoms with E-state index >= 15 is 0 Å². The van der Waals surface area contributed by atoms with Crippen LogP contribution in [0.2, 0.25) is 0 Å². The Hall–Kier alpha value is -1.64. The van der Waals surface area contributed by atoms with Crippen LogP contribution in [0.3, 0.4) is 0 Å². The Morgan fingerprint density at radius 1 is 1.10 bits per heavy atom. The van der Waals surface area contributed by atoms with Crippen LogP contribution >= 0.6 is 0 Å². The molecule has 4 aliphatic carbocycles. The molecule has 0 aliphatic heterocycles. The smallest absolute Gasteiger partial charge is 0.337 e. The molecule has 0 spiro atoms. The Morgan fingerprint density at radius 2 is 1.71 bits per heavy atom. The summed E-state index contributed by atoms with van der Waals surface area (Å²) in [4.78, 5) is 23.8. The second-order valence-corrected chi connectivity index (χ2v) is 7.10. The topological polar surface area (TPSA) is 43.4 Å². The number of carbonyl (C=O) groups excluding carboxylic acids is 2. The predicted octanol–water partition coefficient (Wildman–Crippen LogP) is 3.12. The van der Waals surface area contributed by atoms with Crippen LogP contribution in [0.15, 0.2) is 24.3 Å². The van der Waals surface area contributed by atoms with Crippen molar-refractivity contribution in [3.8, 4) is 0 Å². The van der Waals surface area contributed by atoms with Crippen molar-refractivity contribution in [1.29, 1.82) is 0 Å². The van der Waals surface area contributed by atoms with Gasteiger partial charge in [-0.05, 0) is 61.1 Å². The molecule has 1 aromatic carbocycles. The van der Waals surface area contributed by atoms with Gasteiger partial charge in [0.25, 0.3) is 0 Å². The summed E-state index contributed by atoms with van der Waals surface area (Å²) in [5.74, 6) is 1.53. The first-order valence-electron chi connectivity index (χ1n) is 7.84. The summed E-state index contributed by atoms with van der Waals surface area (Å²) in [5.41, 5.74) is 2.09. The molecular weight excluding hydrogens is 264 g/mol. The zero-order chi connectivity index (χ0) is 14.6. The van der Waals surface area contributed by atoms with E-state index in [2.05, 4.69) is 12.1 Å². The third-order valence-electron chi connectivity index (χ3n) is 5.91. The van der Waals surface area contributed by atoms with E-state index in [0.29, 0.717) is 11.3 Å². The van der Waals surface area contributed by atoms with Crippen molar-refractivity contribution in [3.05, 3.63) is 35.4 Å². The van der Waals surface area contributed by atoms with Crippen LogP contribution < -0.4 is 0 Å². The van der Waals surface area contributed by atoms with Gasteiger partial charge in [-0.2, -0.15) is 0 Å². The van der Waals surface area contributed by atoms with Crippen LogP contribution in [0.1, 0.15) is 48.0 Å². The van der Waals surface area contributed by atoms with E-state index in [1.165, 1.54) is 19.1 Å². The molecular formula is C18H20O3. The molecule has 0 radical (unpaired) electrons. The summed E-state index contributed by atoms with van der Waals surface area (Å²) in [6.07, 6.45) is 5.45. The Bertz CT molecular complexity index is 583. The van der Waals surface area contributed by atoms with E-state index in [1.54, 1.807) is 0 Å². The number of Topliss-reactive ketones (excluding diaryl/α,β-unsaturated/α-hetero) is 1. The molecule has 21 heavy (non-hydrogen) atoms. The second-order valence-electron chi connectivity index (χ2n) is 7.10. The van der Waals surface area contributed by atoms with Gasteiger partial charge in [-0.25, -0.2) is 4.79 Å². The van der Waals surface area contributed by atoms with E-state index in [1.807, 2.05) is 12.1 Å². The van der Waals surface area contributed by atoms with Gasteiger partial charge in [-0.1, -0.05) is 12.1 Å². The molecule has 0 saturated heterocycles. The van der Waals surface area contributed by atoms with Crippen molar-refractivity contribution < 1.29 is 14.3 Å². The Morgan fingerprint density at radius 3 is 2.29 bits per heavy atom. The SMILES string of the molecule is COC(=O)c1ccc(C23CC4C[C@H](C2)C(=O)[C@@H](C4)C3)cc1. The molecule has 0 N–H and O–H groups in total. The highest BCUT2D eigenvalue weighted by Gasteiger charge is 2.55. The van der Waals surface area contributed by atoms with Gasteiger partial charge in [0, 0.05) is 11.8 Å². The summed E-state index contributed by atoms with van der Waals surface area (Å²) in [5, 5.41) is 0. The number of ketones is 1. The van der Waals surface area contributed by atoms with Crippen LogP contribution in [0.4, 0.5) is 0 Å². The molecule has 1 aromatic rings. The largest absolute Gasteiger partial charge is 0.465 e. The number of carbonyl (C=O) groups is 2. The van der Waals surface area contributed by atoms with Gasteiger partial charge in [-0.3, -0.25) is 4.79 Å². The van der Waals surface area contributed by atoms with Gasteiger partial charge in [0.2, 0.25) is 0 Å². The van der Waals surface area contributed by atoms with Crippen molar-refractivity contribution in [2.75, 3.05) is 7.11 Å². The predicted molar refractivity (Wildman–Crippen MR) is 78.0 cm³/mol. The van der Waals surface area contributed by atoms with E-state index < -0.39 is 0 Å². The average molecular weight is 284 g/mol. The zero-order valence-electron chi connectivity index (χ0n) is 12.3. The lowest BCUT2D eigenvalue weighted by atomic mass is 9.47. The molecule has 0 amide bonds. The maximum atomic E-state index is 12.3. The highest BCUT2D eigenvalue weighted by Crippen LogP contribution is 2.59. The maximum Gasteiger partial charge on any atom is 0.337 e. The third kappa shape index (κ3) is 1.86. The third-order valence-corrected chi connectivity index (χ3v) is 5.91. The lowest BCUT2D eigenvalue weighted by molar-refractivity contribution is -0.142. The van der Waals surface area contributed by atoms with Gasteiger partial charge in [0.1, 0.15) is 5.78 Å². The fourth-order valence-corrected chi connectivity index (χ4v) is 5.18. The first-order chi connectivity index (χ1) is 10.1. The second kappa shape index (κ2) is 4.43. The Balaban J connectivity index is 1.67. The summed E-state index contributed by atoms with van der Waals surface area (Å²) in [6.45, 7) is 0. The van der Waals surface area contributed by atoms with Gasteiger partial charge in [0.05, 0.1) is 12.7 Å². The van der Waals surface area contributed by atoms with Gasteiger partial charge >= 0.3 is 5.97 Å². The molecule has 3 heteroatoms. The molecule has 4 aliphatic rings. The zero-order valence-corrected chi connectivity index (χ0v) is 12.3. The van der Waals surface area contributed by atoms with Crippen molar-refractivity contribution in [1.82, 2.24) is 0 Å². The van der Waals surface area contributed by atoms with Crippen molar-refractivity contribution in [2.24, 2.45) is 17.8 Å². The highest BCUT2D eigenvalue weighted by atomic mass is 16.5. The molecule has 5 rings (SSSR count). The number of rotatable bonds is 2.